The van der Waals surface area contributed by atoms with Gasteiger partial charge in [0.25, 0.3) is 0 Å². The lowest BCUT2D eigenvalue weighted by molar-refractivity contribution is 0.580. The van der Waals surface area contributed by atoms with Gasteiger partial charge in [-0.2, -0.15) is 0 Å². The highest BCUT2D eigenvalue weighted by Gasteiger charge is 1.97. The Bertz CT molecular complexity index is 476. The van der Waals surface area contributed by atoms with Crippen molar-refractivity contribution in [1.82, 2.24) is 0 Å². The molecule has 0 heterocycles. The van der Waals surface area contributed by atoms with Crippen molar-refractivity contribution in [2.24, 2.45) is 0 Å². The Morgan fingerprint density at radius 1 is 0.700 bits per heavy atom. The number of rotatable bonds is 2. The van der Waals surface area contributed by atoms with Crippen LogP contribution in [0.3, 0.4) is 0 Å². The highest BCUT2D eigenvalue weighted by Crippen LogP contribution is 2.14. The van der Waals surface area contributed by atoms with Crippen LogP contribution in [-0.4, -0.2) is 0 Å². The average molecular weight is 301 g/mol. The Labute approximate surface area is 122 Å². The summed E-state index contributed by atoms with van der Waals surface area (Å²) in [7, 11) is 0. The maximum Gasteiger partial charge on any atom is 0.126 e. The number of benzene rings is 2. The maximum absolute atomic E-state index is 12.5. The SMILES string of the molecule is CCc1cc(F)cc(Cl)c1.CCc1cc(F)cc(F)c1. The summed E-state index contributed by atoms with van der Waals surface area (Å²) in [6, 6.07) is 8.11. The highest BCUT2D eigenvalue weighted by molar-refractivity contribution is 6.30. The molecule has 0 aromatic heterocycles. The zero-order valence-electron chi connectivity index (χ0n) is 11.4. The van der Waals surface area contributed by atoms with Gasteiger partial charge >= 0.3 is 0 Å². The van der Waals surface area contributed by atoms with Gasteiger partial charge in [-0.15, -0.1) is 0 Å². The van der Waals surface area contributed by atoms with Crippen LogP contribution in [0, 0.1) is 17.5 Å². The second kappa shape index (κ2) is 7.95. The first-order valence-electron chi connectivity index (χ1n) is 6.34. The lowest BCUT2D eigenvalue weighted by Crippen LogP contribution is -1.84. The molecule has 0 bridgehead atoms. The Hall–Kier alpha value is -1.48. The molecule has 0 aliphatic heterocycles. The first kappa shape index (κ1) is 16.6. The van der Waals surface area contributed by atoms with Crippen LogP contribution in [0.5, 0.6) is 0 Å². The Balaban J connectivity index is 0.000000200. The number of hydrogen-bond acceptors (Lipinski definition) is 0. The van der Waals surface area contributed by atoms with E-state index in [4.69, 9.17) is 11.6 Å². The van der Waals surface area contributed by atoms with Gasteiger partial charge in [-0.3, -0.25) is 0 Å². The van der Waals surface area contributed by atoms with Crippen LogP contribution < -0.4 is 0 Å². The summed E-state index contributed by atoms with van der Waals surface area (Å²) in [6.45, 7) is 3.82. The molecule has 0 spiro atoms. The predicted octanol–water partition coefficient (Wildman–Crippen LogP) is 5.57. The molecule has 2 rings (SSSR count). The molecule has 20 heavy (non-hydrogen) atoms. The minimum absolute atomic E-state index is 0.260. The van der Waals surface area contributed by atoms with Crippen LogP contribution in [0.15, 0.2) is 36.4 Å². The van der Waals surface area contributed by atoms with Gasteiger partial charge < -0.3 is 0 Å². The molecule has 0 unspecified atom stereocenters. The molecule has 0 N–H and O–H groups in total. The molecule has 2 aromatic rings. The summed E-state index contributed by atoms with van der Waals surface area (Å²) in [5.74, 6) is -1.27. The molecule has 0 saturated carbocycles. The second-order valence-electron chi connectivity index (χ2n) is 4.26. The molecule has 0 radical (unpaired) electrons. The summed E-state index contributed by atoms with van der Waals surface area (Å²) < 4.78 is 37.3. The first-order chi connectivity index (χ1) is 9.44. The molecule has 0 amide bonds. The van der Waals surface area contributed by atoms with E-state index in [9.17, 15) is 13.2 Å². The molecule has 4 heteroatoms. The predicted molar refractivity (Wildman–Crippen MR) is 76.5 cm³/mol. The molecule has 108 valence electrons. The van der Waals surface area contributed by atoms with Gasteiger partial charge in [0.2, 0.25) is 0 Å². The van der Waals surface area contributed by atoms with Crippen LogP contribution in [0.2, 0.25) is 5.02 Å². The average Bonchev–Trinajstić information content (AvgIpc) is 2.37. The van der Waals surface area contributed by atoms with Crippen molar-refractivity contribution >= 4 is 11.6 Å². The van der Waals surface area contributed by atoms with E-state index < -0.39 is 11.6 Å². The van der Waals surface area contributed by atoms with Crippen molar-refractivity contribution in [3.63, 3.8) is 0 Å². The number of aryl methyl sites for hydroxylation is 2. The maximum atomic E-state index is 12.5. The number of hydrogen-bond donors (Lipinski definition) is 0. The van der Waals surface area contributed by atoms with Crippen molar-refractivity contribution in [1.29, 1.82) is 0 Å². The second-order valence-corrected chi connectivity index (χ2v) is 4.70. The lowest BCUT2D eigenvalue weighted by atomic mass is 10.2. The smallest absolute Gasteiger partial charge is 0.126 e. The fraction of sp³-hybridized carbons (Fsp3) is 0.250. The quantitative estimate of drug-likeness (QED) is 0.680. The summed E-state index contributed by atoms with van der Waals surface area (Å²) in [5.41, 5.74) is 1.63. The van der Waals surface area contributed by atoms with Crippen molar-refractivity contribution in [3.05, 3.63) is 70.0 Å². The van der Waals surface area contributed by atoms with E-state index in [1.807, 2.05) is 13.8 Å². The zero-order chi connectivity index (χ0) is 15.1. The van der Waals surface area contributed by atoms with Crippen molar-refractivity contribution in [2.45, 2.75) is 26.7 Å². The third-order valence-electron chi connectivity index (χ3n) is 2.66. The van der Waals surface area contributed by atoms with Crippen molar-refractivity contribution in [2.75, 3.05) is 0 Å². The Kier molecular flexibility index (Phi) is 6.59. The van der Waals surface area contributed by atoms with Gasteiger partial charge in [-0.25, -0.2) is 13.2 Å². The van der Waals surface area contributed by atoms with Gasteiger partial charge in [-0.1, -0.05) is 25.4 Å². The van der Waals surface area contributed by atoms with Gasteiger partial charge in [0.05, 0.1) is 0 Å². The molecule has 0 nitrogen and oxygen atoms in total. The minimum atomic E-state index is -0.503. The van der Waals surface area contributed by atoms with Crippen LogP contribution in [0.25, 0.3) is 0 Å². The lowest BCUT2D eigenvalue weighted by Gasteiger charge is -1.96. The molecule has 0 saturated heterocycles. The monoisotopic (exact) mass is 300 g/mol. The zero-order valence-corrected chi connectivity index (χ0v) is 12.1. The third kappa shape index (κ3) is 5.66. The van der Waals surface area contributed by atoms with Crippen molar-refractivity contribution < 1.29 is 13.2 Å². The Morgan fingerprint density at radius 2 is 1.10 bits per heavy atom. The van der Waals surface area contributed by atoms with E-state index in [2.05, 4.69) is 0 Å². The molecule has 0 fully saturated rings. The molecular formula is C16H16ClF3. The van der Waals surface area contributed by atoms with Gasteiger partial charge in [0, 0.05) is 11.1 Å². The summed E-state index contributed by atoms with van der Waals surface area (Å²) >= 11 is 5.59. The molecule has 0 atom stereocenters. The van der Waals surface area contributed by atoms with Crippen LogP contribution in [0.1, 0.15) is 25.0 Å². The number of halogens is 4. The third-order valence-corrected chi connectivity index (χ3v) is 2.88. The van der Waals surface area contributed by atoms with Crippen LogP contribution >= 0.6 is 11.6 Å². The van der Waals surface area contributed by atoms with E-state index >= 15 is 0 Å². The van der Waals surface area contributed by atoms with E-state index in [-0.39, 0.29) is 5.82 Å². The topological polar surface area (TPSA) is 0 Å². The van der Waals surface area contributed by atoms with Gasteiger partial charge in [0.15, 0.2) is 0 Å². The fourth-order valence-corrected chi connectivity index (χ4v) is 1.87. The summed E-state index contributed by atoms with van der Waals surface area (Å²) in [5, 5.41) is 0.469. The van der Waals surface area contributed by atoms with E-state index in [0.717, 1.165) is 18.1 Å². The molecule has 2 aromatic carbocycles. The fourth-order valence-electron chi connectivity index (χ4n) is 1.63. The summed E-state index contributed by atoms with van der Waals surface area (Å²) in [4.78, 5) is 0. The molecule has 0 aliphatic carbocycles. The Morgan fingerprint density at radius 3 is 1.50 bits per heavy atom. The minimum Gasteiger partial charge on any atom is -0.207 e. The van der Waals surface area contributed by atoms with E-state index in [0.29, 0.717) is 17.0 Å². The standard InChI is InChI=1S/C8H8ClF.C8H8F2/c2*1-2-6-3-7(9)5-8(10)4-6/h2*3-5H,2H2,1H3. The highest BCUT2D eigenvalue weighted by atomic mass is 35.5. The largest absolute Gasteiger partial charge is 0.207 e. The van der Waals surface area contributed by atoms with Gasteiger partial charge in [-0.05, 0) is 54.3 Å². The van der Waals surface area contributed by atoms with Crippen LogP contribution in [-0.2, 0) is 12.8 Å². The van der Waals surface area contributed by atoms with Crippen molar-refractivity contribution in [3.8, 4) is 0 Å². The van der Waals surface area contributed by atoms with Gasteiger partial charge in [0.1, 0.15) is 17.5 Å². The summed E-state index contributed by atoms with van der Waals surface area (Å²) in [6.07, 6.45) is 1.48. The normalized spacial score (nSPS) is 9.90. The first-order valence-corrected chi connectivity index (χ1v) is 6.72. The molecular weight excluding hydrogens is 285 g/mol. The van der Waals surface area contributed by atoms with Crippen LogP contribution in [0.4, 0.5) is 13.2 Å². The van der Waals surface area contributed by atoms with E-state index in [1.165, 1.54) is 24.3 Å². The molecule has 0 aliphatic rings. The van der Waals surface area contributed by atoms with E-state index in [1.54, 1.807) is 6.07 Å².